The highest BCUT2D eigenvalue weighted by Crippen LogP contribution is 2.43. The van der Waals surface area contributed by atoms with Crippen LogP contribution < -0.4 is 11.1 Å². The molecule has 0 bridgehead atoms. The van der Waals surface area contributed by atoms with E-state index in [1.54, 1.807) is 12.1 Å². The minimum atomic E-state index is -4.61. The SMILES string of the molecule is Cl.Cn1c(-c2ccccc2)c(C(=C2C=CC(=Nc3ccc(O)c(N)c3)C=C2)c2ccc(Nc3ccc(O)c(S(=O)(=O)O)c3)cc2)c2ccccc21. The van der Waals surface area contributed by atoms with Gasteiger partial charge in [-0.3, -0.25) is 4.55 Å². The van der Waals surface area contributed by atoms with Crippen molar-refractivity contribution in [3.05, 3.63) is 156 Å². The minimum Gasteiger partial charge on any atom is -0.506 e. The quantitative estimate of drug-likeness (QED) is 0.0479. The minimum absolute atomic E-state index is 0. The molecule has 0 spiro atoms. The first-order valence-electron chi connectivity index (χ1n) is 15.7. The van der Waals surface area contributed by atoms with E-state index in [2.05, 4.69) is 41.2 Å². The molecule has 7 rings (SSSR count). The van der Waals surface area contributed by atoms with Crippen LogP contribution in [0.2, 0.25) is 0 Å². The fraction of sp³-hybridized carbons (Fsp3) is 0.0250. The van der Waals surface area contributed by atoms with E-state index in [-0.39, 0.29) is 23.8 Å². The van der Waals surface area contributed by atoms with Gasteiger partial charge in [-0.2, -0.15) is 8.42 Å². The number of nitrogens with one attached hydrogen (secondary N) is 1. The molecule has 6 N–H and O–H groups in total. The lowest BCUT2D eigenvalue weighted by Gasteiger charge is -2.17. The second-order valence-corrected chi connectivity index (χ2v) is 13.2. The molecule has 1 heterocycles. The van der Waals surface area contributed by atoms with Gasteiger partial charge in [-0.05, 0) is 89.0 Å². The molecule has 6 aromatic rings. The van der Waals surface area contributed by atoms with Crippen LogP contribution in [0.25, 0.3) is 27.7 Å². The molecule has 1 aliphatic rings. The number of fused-ring (bicyclic) bond motifs is 1. The molecule has 11 heteroatoms. The molecular formula is C40H33ClN4O5S. The molecule has 0 amide bonds. The number of halogens is 1. The van der Waals surface area contributed by atoms with Crippen molar-refractivity contribution in [2.75, 3.05) is 11.1 Å². The number of rotatable bonds is 7. The second-order valence-electron chi connectivity index (χ2n) is 11.8. The molecule has 0 saturated carbocycles. The molecule has 5 aromatic carbocycles. The van der Waals surface area contributed by atoms with Gasteiger partial charge in [-0.25, -0.2) is 4.99 Å². The Labute approximate surface area is 301 Å². The molecule has 0 fully saturated rings. The predicted molar refractivity (Wildman–Crippen MR) is 207 cm³/mol. The second kappa shape index (κ2) is 14.0. The number of allylic oxidation sites excluding steroid dienone is 5. The Morgan fingerprint density at radius 1 is 0.765 bits per heavy atom. The average molecular weight is 717 g/mol. The summed E-state index contributed by atoms with van der Waals surface area (Å²) in [5, 5.41) is 24.0. The zero-order valence-corrected chi connectivity index (χ0v) is 28.9. The Morgan fingerprint density at radius 3 is 2.10 bits per heavy atom. The van der Waals surface area contributed by atoms with E-state index >= 15 is 0 Å². The van der Waals surface area contributed by atoms with Gasteiger partial charge >= 0.3 is 0 Å². The summed E-state index contributed by atoms with van der Waals surface area (Å²) in [6, 6.07) is 35.1. The highest BCUT2D eigenvalue weighted by molar-refractivity contribution is 7.86. The summed E-state index contributed by atoms with van der Waals surface area (Å²) in [7, 11) is -2.54. The van der Waals surface area contributed by atoms with Gasteiger partial charge in [-0.15, -0.1) is 12.4 Å². The van der Waals surface area contributed by atoms with E-state index in [0.717, 1.165) is 50.1 Å². The van der Waals surface area contributed by atoms with Crippen LogP contribution in [-0.2, 0) is 17.2 Å². The van der Waals surface area contributed by atoms with Crippen LogP contribution in [-0.4, -0.2) is 33.5 Å². The molecular weight excluding hydrogens is 684 g/mol. The lowest BCUT2D eigenvalue weighted by molar-refractivity contribution is 0.443. The molecule has 9 nitrogen and oxygen atoms in total. The van der Waals surface area contributed by atoms with Crippen LogP contribution >= 0.6 is 12.4 Å². The number of nitrogen functional groups attached to an aromatic ring is 1. The van der Waals surface area contributed by atoms with Gasteiger partial charge in [0.1, 0.15) is 16.4 Å². The van der Waals surface area contributed by atoms with Gasteiger partial charge in [0.25, 0.3) is 10.1 Å². The largest absolute Gasteiger partial charge is 0.506 e. The van der Waals surface area contributed by atoms with E-state index in [1.807, 2.05) is 78.9 Å². The van der Waals surface area contributed by atoms with Crippen LogP contribution in [0, 0.1) is 0 Å². The van der Waals surface area contributed by atoms with Crippen LogP contribution in [0.5, 0.6) is 11.5 Å². The van der Waals surface area contributed by atoms with E-state index in [1.165, 1.54) is 24.3 Å². The predicted octanol–water partition coefficient (Wildman–Crippen LogP) is 8.95. The molecule has 1 aromatic heterocycles. The first-order chi connectivity index (χ1) is 24.1. The fourth-order valence-electron chi connectivity index (χ4n) is 6.18. The summed E-state index contributed by atoms with van der Waals surface area (Å²) in [5.74, 6) is -0.530. The summed E-state index contributed by atoms with van der Waals surface area (Å²) >= 11 is 0. The Morgan fingerprint density at radius 2 is 1.41 bits per heavy atom. The van der Waals surface area contributed by atoms with E-state index < -0.39 is 20.8 Å². The molecule has 0 aliphatic heterocycles. The first-order valence-corrected chi connectivity index (χ1v) is 17.1. The smallest absolute Gasteiger partial charge is 0.298 e. The van der Waals surface area contributed by atoms with Crippen molar-refractivity contribution in [2.24, 2.45) is 12.0 Å². The van der Waals surface area contributed by atoms with Crippen LogP contribution in [0.1, 0.15) is 11.1 Å². The zero-order chi connectivity index (χ0) is 35.0. The number of nitrogens with zero attached hydrogens (tertiary/aromatic N) is 2. The van der Waals surface area contributed by atoms with Gasteiger partial charge in [0, 0.05) is 34.9 Å². The molecule has 0 unspecified atom stereocenters. The summed E-state index contributed by atoms with van der Waals surface area (Å²) in [5.41, 5.74) is 15.7. The third-order valence-electron chi connectivity index (χ3n) is 8.53. The molecule has 0 saturated heterocycles. The number of hydrogen-bond donors (Lipinski definition) is 5. The number of anilines is 3. The third-order valence-corrected chi connectivity index (χ3v) is 9.41. The number of phenolic OH excluding ortho intramolecular Hbond substituents is 2. The number of aliphatic imine (C=N–C) groups is 1. The molecule has 1 aliphatic carbocycles. The summed E-state index contributed by atoms with van der Waals surface area (Å²) in [6.45, 7) is 0. The fourth-order valence-corrected chi connectivity index (χ4v) is 6.79. The maximum Gasteiger partial charge on any atom is 0.298 e. The highest BCUT2D eigenvalue weighted by Gasteiger charge is 2.23. The number of hydrogen-bond acceptors (Lipinski definition) is 7. The third kappa shape index (κ3) is 7.01. The number of aryl methyl sites for hydroxylation is 1. The van der Waals surface area contributed by atoms with Crippen LogP contribution in [0.3, 0.4) is 0 Å². The normalized spacial score (nSPS) is 12.5. The summed E-state index contributed by atoms with van der Waals surface area (Å²) in [6.07, 6.45) is 7.96. The zero-order valence-electron chi connectivity index (χ0n) is 27.2. The summed E-state index contributed by atoms with van der Waals surface area (Å²) in [4.78, 5) is 4.12. The van der Waals surface area contributed by atoms with Crippen molar-refractivity contribution in [1.29, 1.82) is 0 Å². The van der Waals surface area contributed by atoms with Crippen molar-refractivity contribution < 1.29 is 23.2 Å². The lowest BCUT2D eigenvalue weighted by atomic mass is 9.87. The van der Waals surface area contributed by atoms with Crippen LogP contribution in [0.15, 0.2) is 155 Å². The number of para-hydroxylation sites is 1. The summed E-state index contributed by atoms with van der Waals surface area (Å²) < 4.78 is 35.3. The molecule has 0 radical (unpaired) electrons. The van der Waals surface area contributed by atoms with Crippen molar-refractivity contribution >= 4 is 67.5 Å². The van der Waals surface area contributed by atoms with Gasteiger partial charge in [0.2, 0.25) is 0 Å². The Balaban J connectivity index is 0.00000448. The monoisotopic (exact) mass is 716 g/mol. The number of phenols is 2. The topological polar surface area (TPSA) is 150 Å². The van der Waals surface area contributed by atoms with E-state index in [4.69, 9.17) is 10.7 Å². The standard InChI is InChI=1S/C40H32N4O5S.ClH/c1-44-34-10-6-5-9-32(34)39(40(44)27-7-3-2-4-8-27)38(25-11-15-28(16-12-25)42-30-19-21-35(45)33(41)23-30)26-13-17-29(18-14-26)43-31-20-22-36(46)37(24-31)50(47,48)49;/h2-24,43,45-46H,41H2,1H3,(H,47,48,49);1H. The maximum atomic E-state index is 11.8. The van der Waals surface area contributed by atoms with Crippen molar-refractivity contribution in [2.45, 2.75) is 4.90 Å². The lowest BCUT2D eigenvalue weighted by Crippen LogP contribution is -2.01. The Hall–Kier alpha value is -6.07. The number of aromatic hydroxyl groups is 2. The van der Waals surface area contributed by atoms with Gasteiger partial charge < -0.3 is 25.8 Å². The van der Waals surface area contributed by atoms with Crippen molar-refractivity contribution in [1.82, 2.24) is 4.57 Å². The number of benzene rings is 5. The van der Waals surface area contributed by atoms with Gasteiger partial charge in [0.05, 0.1) is 22.8 Å². The van der Waals surface area contributed by atoms with Gasteiger partial charge in [0.15, 0.2) is 0 Å². The number of nitrogens with two attached hydrogens (primary N) is 1. The average Bonchev–Trinajstić information content (AvgIpc) is 3.40. The highest BCUT2D eigenvalue weighted by atomic mass is 35.5. The first kappa shape index (κ1) is 34.8. The Kier molecular flexibility index (Phi) is 9.58. The van der Waals surface area contributed by atoms with Crippen molar-refractivity contribution in [3.8, 4) is 22.8 Å². The van der Waals surface area contributed by atoms with Gasteiger partial charge in [-0.1, -0.05) is 72.8 Å². The molecule has 256 valence electrons. The van der Waals surface area contributed by atoms with Crippen LogP contribution in [0.4, 0.5) is 22.7 Å². The van der Waals surface area contributed by atoms with E-state index in [0.29, 0.717) is 17.1 Å². The molecule has 51 heavy (non-hydrogen) atoms. The molecule has 0 atom stereocenters. The van der Waals surface area contributed by atoms with E-state index in [9.17, 15) is 23.2 Å². The van der Waals surface area contributed by atoms with Crippen molar-refractivity contribution in [3.63, 3.8) is 0 Å². The Bertz CT molecular complexity index is 2500. The number of aromatic nitrogens is 1. The maximum absolute atomic E-state index is 11.8.